The number of hydrogen-bond acceptors (Lipinski definition) is 4. The molecule has 1 amide bonds. The van der Waals surface area contributed by atoms with Gasteiger partial charge in [-0.05, 0) is 30.2 Å². The van der Waals surface area contributed by atoms with Crippen molar-refractivity contribution in [2.24, 2.45) is 5.73 Å². The van der Waals surface area contributed by atoms with Gasteiger partial charge in [0.05, 0.1) is 19.8 Å². The van der Waals surface area contributed by atoms with E-state index in [4.69, 9.17) is 15.6 Å². The molecule has 0 unspecified atom stereocenters. The van der Waals surface area contributed by atoms with E-state index in [-0.39, 0.29) is 6.61 Å². The van der Waals surface area contributed by atoms with E-state index in [2.05, 4.69) is 5.32 Å². The predicted octanol–water partition coefficient (Wildman–Crippen LogP) is 0.192. The van der Waals surface area contributed by atoms with E-state index >= 15 is 0 Å². The highest BCUT2D eigenvalue weighted by Crippen LogP contribution is 2.10. The Bertz CT molecular complexity index is 394. The zero-order valence-corrected chi connectivity index (χ0v) is 10.6. The molecule has 0 spiro atoms. The van der Waals surface area contributed by atoms with Crippen LogP contribution in [-0.2, 0) is 11.3 Å². The number of ether oxygens (including phenoxy) is 1. The van der Waals surface area contributed by atoms with E-state index in [1.165, 1.54) is 0 Å². The van der Waals surface area contributed by atoms with Crippen molar-refractivity contribution < 1.29 is 14.6 Å². The molecule has 0 fully saturated rings. The lowest BCUT2D eigenvalue weighted by Crippen LogP contribution is -2.20. The predicted molar refractivity (Wildman–Crippen MR) is 69.3 cm³/mol. The van der Waals surface area contributed by atoms with Gasteiger partial charge in [-0.1, -0.05) is 6.07 Å². The van der Waals surface area contributed by atoms with Gasteiger partial charge in [0.15, 0.2) is 0 Å². The van der Waals surface area contributed by atoms with Crippen molar-refractivity contribution in [2.45, 2.75) is 13.5 Å². The van der Waals surface area contributed by atoms with Gasteiger partial charge in [0, 0.05) is 18.7 Å². The van der Waals surface area contributed by atoms with Crippen LogP contribution in [0.1, 0.15) is 21.5 Å². The highest BCUT2D eigenvalue weighted by Gasteiger charge is 2.03. The normalized spacial score (nSPS) is 10.6. The topological polar surface area (TPSA) is 84.6 Å². The Kier molecular flexibility index (Phi) is 6.35. The minimum absolute atomic E-state index is 0.0493. The van der Waals surface area contributed by atoms with E-state index in [0.29, 0.717) is 25.3 Å². The van der Waals surface area contributed by atoms with Crippen molar-refractivity contribution in [3.05, 3.63) is 34.9 Å². The highest BCUT2D eigenvalue weighted by molar-refractivity contribution is 5.93. The lowest BCUT2D eigenvalue weighted by molar-refractivity contribution is 0.0938. The summed E-state index contributed by atoms with van der Waals surface area (Å²) in [7, 11) is 0. The van der Waals surface area contributed by atoms with Crippen LogP contribution in [0.15, 0.2) is 18.2 Å². The number of benzene rings is 1. The standard InChI is InChI=1S/C13H20N2O3/c1-10-8-11(13(14)17)2-3-12(10)9-15-4-6-18-7-5-16/h2-3,8,15-16H,4-7,9H2,1H3,(H2,14,17). The van der Waals surface area contributed by atoms with Gasteiger partial charge < -0.3 is 20.9 Å². The number of nitrogens with two attached hydrogens (primary N) is 1. The smallest absolute Gasteiger partial charge is 0.248 e. The number of hydrogen-bond donors (Lipinski definition) is 3. The van der Waals surface area contributed by atoms with E-state index in [1.54, 1.807) is 12.1 Å². The van der Waals surface area contributed by atoms with Gasteiger partial charge in [0.25, 0.3) is 0 Å². The fourth-order valence-electron chi connectivity index (χ4n) is 1.58. The average molecular weight is 252 g/mol. The van der Waals surface area contributed by atoms with Crippen molar-refractivity contribution in [3.8, 4) is 0 Å². The molecular formula is C13H20N2O3. The van der Waals surface area contributed by atoms with E-state index < -0.39 is 5.91 Å². The zero-order valence-electron chi connectivity index (χ0n) is 10.6. The van der Waals surface area contributed by atoms with Crippen molar-refractivity contribution in [1.82, 2.24) is 5.32 Å². The van der Waals surface area contributed by atoms with Gasteiger partial charge in [0.1, 0.15) is 0 Å². The largest absolute Gasteiger partial charge is 0.394 e. The third kappa shape index (κ3) is 4.83. The molecule has 0 radical (unpaired) electrons. The van der Waals surface area contributed by atoms with Crippen molar-refractivity contribution >= 4 is 5.91 Å². The second kappa shape index (κ2) is 7.81. The minimum Gasteiger partial charge on any atom is -0.394 e. The fraction of sp³-hybridized carbons (Fsp3) is 0.462. The number of nitrogens with one attached hydrogen (secondary N) is 1. The summed E-state index contributed by atoms with van der Waals surface area (Å²) in [6.07, 6.45) is 0. The monoisotopic (exact) mass is 252 g/mol. The summed E-state index contributed by atoms with van der Waals surface area (Å²) in [5.74, 6) is -0.407. The lowest BCUT2D eigenvalue weighted by atomic mass is 10.0. The lowest BCUT2D eigenvalue weighted by Gasteiger charge is -2.09. The van der Waals surface area contributed by atoms with Crippen molar-refractivity contribution in [3.63, 3.8) is 0 Å². The van der Waals surface area contributed by atoms with Crippen LogP contribution < -0.4 is 11.1 Å². The van der Waals surface area contributed by atoms with Gasteiger partial charge in [-0.25, -0.2) is 0 Å². The van der Waals surface area contributed by atoms with Crippen molar-refractivity contribution in [1.29, 1.82) is 0 Å². The molecule has 0 saturated heterocycles. The first-order valence-electron chi connectivity index (χ1n) is 5.94. The molecule has 0 aromatic heterocycles. The Labute approximate surface area is 107 Å². The molecule has 1 aromatic carbocycles. The SMILES string of the molecule is Cc1cc(C(N)=O)ccc1CNCCOCCO. The molecule has 4 N–H and O–H groups in total. The highest BCUT2D eigenvalue weighted by atomic mass is 16.5. The van der Waals surface area contributed by atoms with Crippen LogP contribution in [-0.4, -0.2) is 37.4 Å². The molecule has 0 aliphatic rings. The summed E-state index contributed by atoms with van der Waals surface area (Å²) in [5.41, 5.74) is 7.90. The fourth-order valence-corrected chi connectivity index (χ4v) is 1.58. The first kappa shape index (κ1) is 14.6. The minimum atomic E-state index is -0.407. The molecule has 18 heavy (non-hydrogen) atoms. The Balaban J connectivity index is 2.36. The van der Waals surface area contributed by atoms with Crippen LogP contribution in [0.4, 0.5) is 0 Å². The zero-order chi connectivity index (χ0) is 13.4. The molecule has 0 aliphatic heterocycles. The molecule has 1 rings (SSSR count). The maximum absolute atomic E-state index is 11.0. The number of carbonyl (C=O) groups is 1. The Morgan fingerprint density at radius 2 is 2.22 bits per heavy atom. The molecule has 0 heterocycles. The summed E-state index contributed by atoms with van der Waals surface area (Å²) in [6.45, 7) is 4.37. The summed E-state index contributed by atoms with van der Waals surface area (Å²) < 4.78 is 5.13. The van der Waals surface area contributed by atoms with Crippen LogP contribution >= 0.6 is 0 Å². The first-order valence-corrected chi connectivity index (χ1v) is 5.94. The van der Waals surface area contributed by atoms with Crippen LogP contribution in [0.3, 0.4) is 0 Å². The third-order valence-corrected chi connectivity index (χ3v) is 2.60. The third-order valence-electron chi connectivity index (χ3n) is 2.60. The molecule has 1 aromatic rings. The summed E-state index contributed by atoms with van der Waals surface area (Å²) in [6, 6.07) is 5.42. The average Bonchev–Trinajstić information content (AvgIpc) is 2.35. The van der Waals surface area contributed by atoms with Gasteiger partial charge in [-0.2, -0.15) is 0 Å². The molecule has 100 valence electrons. The number of aliphatic hydroxyl groups excluding tert-OH is 1. The number of carbonyl (C=O) groups excluding carboxylic acids is 1. The number of aryl methyl sites for hydroxylation is 1. The molecular weight excluding hydrogens is 232 g/mol. The number of rotatable bonds is 8. The maximum atomic E-state index is 11.0. The van der Waals surface area contributed by atoms with E-state index in [9.17, 15) is 4.79 Å². The molecule has 0 aliphatic carbocycles. The second-order valence-electron chi connectivity index (χ2n) is 4.02. The maximum Gasteiger partial charge on any atom is 0.248 e. The van der Waals surface area contributed by atoms with Gasteiger partial charge in [0.2, 0.25) is 5.91 Å². The Hall–Kier alpha value is -1.43. The molecule has 0 bridgehead atoms. The van der Waals surface area contributed by atoms with Crippen molar-refractivity contribution in [2.75, 3.05) is 26.4 Å². The Morgan fingerprint density at radius 1 is 1.44 bits per heavy atom. The quantitative estimate of drug-likeness (QED) is 0.577. The van der Waals surface area contributed by atoms with Crippen LogP contribution in [0.5, 0.6) is 0 Å². The number of amides is 1. The molecule has 5 heteroatoms. The second-order valence-corrected chi connectivity index (χ2v) is 4.02. The summed E-state index contributed by atoms with van der Waals surface area (Å²) in [4.78, 5) is 11.0. The molecule has 0 saturated carbocycles. The first-order chi connectivity index (χ1) is 8.65. The van der Waals surface area contributed by atoms with Crippen LogP contribution in [0, 0.1) is 6.92 Å². The molecule has 0 atom stereocenters. The Morgan fingerprint density at radius 3 is 2.83 bits per heavy atom. The van der Waals surface area contributed by atoms with Gasteiger partial charge >= 0.3 is 0 Å². The van der Waals surface area contributed by atoms with Gasteiger partial charge in [-0.3, -0.25) is 4.79 Å². The van der Waals surface area contributed by atoms with Crippen LogP contribution in [0.25, 0.3) is 0 Å². The number of aliphatic hydroxyl groups is 1. The van der Waals surface area contributed by atoms with Crippen LogP contribution in [0.2, 0.25) is 0 Å². The van der Waals surface area contributed by atoms with Gasteiger partial charge in [-0.15, -0.1) is 0 Å². The summed E-state index contributed by atoms with van der Waals surface area (Å²) in [5, 5.41) is 11.8. The summed E-state index contributed by atoms with van der Waals surface area (Å²) >= 11 is 0. The van der Waals surface area contributed by atoms with E-state index in [1.807, 2.05) is 13.0 Å². The van der Waals surface area contributed by atoms with E-state index in [0.717, 1.165) is 17.7 Å². The molecule has 5 nitrogen and oxygen atoms in total. The number of primary amides is 1.